The van der Waals surface area contributed by atoms with Crippen LogP contribution in [0.1, 0.15) is 12.8 Å². The number of hydrogen-bond donors (Lipinski definition) is 2. The maximum absolute atomic E-state index is 12.6. The molecule has 2 heterocycles. The third kappa shape index (κ3) is 5.77. The second-order valence-electron chi connectivity index (χ2n) is 7.41. The topological polar surface area (TPSA) is 78.1 Å². The Balaban J connectivity index is 1.23. The lowest BCUT2D eigenvalue weighted by Crippen LogP contribution is -2.42. The Morgan fingerprint density at radius 3 is 2.52 bits per heavy atom. The summed E-state index contributed by atoms with van der Waals surface area (Å²) < 4.78 is 1.03. The number of likely N-dealkylation sites (tertiary alicyclic amines) is 1. The van der Waals surface area contributed by atoms with Gasteiger partial charge in [-0.25, -0.2) is 4.98 Å². The summed E-state index contributed by atoms with van der Waals surface area (Å²) in [5.74, 6) is 0.376. The van der Waals surface area contributed by atoms with Crippen molar-refractivity contribution in [2.75, 3.05) is 24.2 Å². The number of halogens is 1. The third-order valence-corrected chi connectivity index (χ3v) is 6.70. The van der Waals surface area contributed by atoms with Crippen molar-refractivity contribution in [1.29, 1.82) is 0 Å². The van der Waals surface area contributed by atoms with Crippen molar-refractivity contribution < 1.29 is 9.59 Å². The smallest absolute Gasteiger partial charge is 0.233 e. The third-order valence-electron chi connectivity index (χ3n) is 5.30. The number of piperidine rings is 1. The summed E-state index contributed by atoms with van der Waals surface area (Å²) in [4.78, 5) is 34.6. The van der Waals surface area contributed by atoms with Crippen LogP contribution in [0.25, 0.3) is 11.3 Å². The molecule has 31 heavy (non-hydrogen) atoms. The summed E-state index contributed by atoms with van der Waals surface area (Å²) in [6.07, 6.45) is 3.15. The van der Waals surface area contributed by atoms with Gasteiger partial charge in [0.1, 0.15) is 0 Å². The maximum Gasteiger partial charge on any atom is 0.233 e. The first-order valence-electron chi connectivity index (χ1n) is 10.2. The van der Waals surface area contributed by atoms with Crippen LogP contribution >= 0.6 is 27.7 Å². The van der Waals surface area contributed by atoms with Crippen LogP contribution in [0.2, 0.25) is 0 Å². The molecule has 0 radical (unpaired) electrons. The number of nitrogens with one attached hydrogen (secondary N) is 2. The molecular formula is C23H23BrN4O2S. The van der Waals surface area contributed by atoms with Gasteiger partial charge in [0.05, 0.1) is 17.6 Å². The zero-order chi connectivity index (χ0) is 21.6. The number of anilines is 1. The number of imidazole rings is 1. The largest absolute Gasteiger partial charge is 0.342 e. The van der Waals surface area contributed by atoms with Crippen molar-refractivity contribution in [2.24, 2.45) is 5.92 Å². The number of aromatic amines is 1. The van der Waals surface area contributed by atoms with Crippen molar-refractivity contribution in [1.82, 2.24) is 14.9 Å². The van der Waals surface area contributed by atoms with Gasteiger partial charge in [0.2, 0.25) is 11.8 Å². The molecule has 1 aliphatic heterocycles. The van der Waals surface area contributed by atoms with E-state index in [-0.39, 0.29) is 17.7 Å². The van der Waals surface area contributed by atoms with Crippen LogP contribution < -0.4 is 5.32 Å². The van der Waals surface area contributed by atoms with Gasteiger partial charge in [0.15, 0.2) is 5.16 Å². The van der Waals surface area contributed by atoms with Crippen LogP contribution in [-0.4, -0.2) is 45.5 Å². The van der Waals surface area contributed by atoms with Crippen LogP contribution in [0.5, 0.6) is 0 Å². The van der Waals surface area contributed by atoms with Crippen LogP contribution in [-0.2, 0) is 9.59 Å². The van der Waals surface area contributed by atoms with Gasteiger partial charge in [-0.15, -0.1) is 0 Å². The molecule has 1 aliphatic rings. The van der Waals surface area contributed by atoms with E-state index in [1.807, 2.05) is 59.5 Å². The molecule has 0 saturated carbocycles. The fourth-order valence-corrected chi connectivity index (χ4v) is 4.55. The second kappa shape index (κ2) is 10.2. The quantitative estimate of drug-likeness (QED) is 0.478. The first-order valence-corrected chi connectivity index (χ1v) is 11.9. The number of para-hydroxylation sites is 1. The first-order chi connectivity index (χ1) is 15.1. The molecule has 4 rings (SSSR count). The van der Waals surface area contributed by atoms with E-state index in [1.54, 1.807) is 6.20 Å². The average molecular weight is 499 g/mol. The summed E-state index contributed by atoms with van der Waals surface area (Å²) >= 11 is 4.84. The normalized spacial score (nSPS) is 14.4. The number of amides is 2. The van der Waals surface area contributed by atoms with Gasteiger partial charge in [-0.3, -0.25) is 9.59 Å². The van der Waals surface area contributed by atoms with Gasteiger partial charge < -0.3 is 15.2 Å². The van der Waals surface area contributed by atoms with Crippen molar-refractivity contribution in [3.63, 3.8) is 0 Å². The Hall–Kier alpha value is -2.58. The molecule has 6 nitrogen and oxygen atoms in total. The summed E-state index contributed by atoms with van der Waals surface area (Å²) in [5, 5.41) is 3.69. The van der Waals surface area contributed by atoms with Gasteiger partial charge in [0, 0.05) is 29.2 Å². The van der Waals surface area contributed by atoms with Crippen molar-refractivity contribution in [2.45, 2.75) is 18.0 Å². The molecule has 2 amide bonds. The van der Waals surface area contributed by atoms with Crippen molar-refractivity contribution >= 4 is 45.2 Å². The van der Waals surface area contributed by atoms with Crippen LogP contribution in [0, 0.1) is 5.92 Å². The molecule has 1 fully saturated rings. The maximum atomic E-state index is 12.6. The SMILES string of the molecule is O=C(Nc1ccccc1)C1CCN(C(=O)CSc2ncc(-c3ccc(Br)cc3)[nH]2)CC1. The number of carbonyl (C=O) groups is 2. The zero-order valence-corrected chi connectivity index (χ0v) is 19.3. The number of nitrogens with zero attached hydrogens (tertiary/aromatic N) is 2. The van der Waals surface area contributed by atoms with Gasteiger partial charge >= 0.3 is 0 Å². The molecule has 2 N–H and O–H groups in total. The predicted octanol–water partition coefficient (Wildman–Crippen LogP) is 4.81. The predicted molar refractivity (Wildman–Crippen MR) is 127 cm³/mol. The summed E-state index contributed by atoms with van der Waals surface area (Å²) in [7, 11) is 0. The minimum absolute atomic E-state index is 0.0312. The van der Waals surface area contributed by atoms with E-state index in [0.717, 1.165) is 26.6 Å². The highest BCUT2D eigenvalue weighted by atomic mass is 79.9. The lowest BCUT2D eigenvalue weighted by molar-refractivity contribution is -0.132. The number of rotatable bonds is 6. The standard InChI is InChI=1S/C23H23BrN4O2S/c24-18-8-6-16(7-9-18)20-14-25-23(27-20)31-15-21(29)28-12-10-17(11-13-28)22(30)26-19-4-2-1-3-5-19/h1-9,14,17H,10-13,15H2,(H,25,27)(H,26,30). The first kappa shape index (κ1) is 21.6. The number of thioether (sulfide) groups is 1. The zero-order valence-electron chi connectivity index (χ0n) is 16.9. The van der Waals surface area contributed by atoms with Crippen LogP contribution in [0.3, 0.4) is 0 Å². The van der Waals surface area contributed by atoms with E-state index in [0.29, 0.717) is 31.7 Å². The molecule has 2 aromatic carbocycles. The molecule has 0 aliphatic carbocycles. The Bertz CT molecular complexity index is 1030. The minimum Gasteiger partial charge on any atom is -0.342 e. The summed E-state index contributed by atoms with van der Waals surface area (Å²) in [6, 6.07) is 17.5. The molecule has 1 saturated heterocycles. The highest BCUT2D eigenvalue weighted by Gasteiger charge is 2.27. The highest BCUT2D eigenvalue weighted by molar-refractivity contribution is 9.10. The van der Waals surface area contributed by atoms with Crippen LogP contribution in [0.4, 0.5) is 5.69 Å². The lowest BCUT2D eigenvalue weighted by Gasteiger charge is -2.31. The molecule has 0 bridgehead atoms. The second-order valence-corrected chi connectivity index (χ2v) is 9.29. The molecule has 0 unspecified atom stereocenters. The van der Waals surface area contributed by atoms with Gasteiger partial charge in [0.25, 0.3) is 0 Å². The van der Waals surface area contributed by atoms with E-state index in [9.17, 15) is 9.59 Å². The number of hydrogen-bond acceptors (Lipinski definition) is 4. The van der Waals surface area contributed by atoms with Crippen LogP contribution in [0.15, 0.2) is 70.4 Å². The van der Waals surface area contributed by atoms with E-state index >= 15 is 0 Å². The van der Waals surface area contributed by atoms with E-state index in [4.69, 9.17) is 0 Å². The number of carbonyl (C=O) groups excluding carboxylic acids is 2. The Labute approximate surface area is 194 Å². The Morgan fingerprint density at radius 1 is 1.10 bits per heavy atom. The molecule has 160 valence electrons. The number of benzene rings is 2. The lowest BCUT2D eigenvalue weighted by atomic mass is 9.96. The molecule has 3 aromatic rings. The average Bonchev–Trinajstić information content (AvgIpc) is 3.28. The minimum atomic E-state index is -0.0598. The molecule has 8 heteroatoms. The highest BCUT2D eigenvalue weighted by Crippen LogP contribution is 2.24. The summed E-state index contributed by atoms with van der Waals surface area (Å²) in [6.45, 7) is 1.21. The van der Waals surface area contributed by atoms with Crippen molar-refractivity contribution in [3.05, 3.63) is 65.3 Å². The molecule has 0 spiro atoms. The molecule has 1 aromatic heterocycles. The van der Waals surface area contributed by atoms with Gasteiger partial charge in [-0.2, -0.15) is 0 Å². The Kier molecular flexibility index (Phi) is 7.09. The molecular weight excluding hydrogens is 476 g/mol. The van der Waals surface area contributed by atoms with E-state index in [2.05, 4.69) is 31.2 Å². The van der Waals surface area contributed by atoms with E-state index in [1.165, 1.54) is 11.8 Å². The molecule has 0 atom stereocenters. The fraction of sp³-hybridized carbons (Fsp3) is 0.261. The van der Waals surface area contributed by atoms with Gasteiger partial charge in [-0.05, 0) is 42.7 Å². The van der Waals surface area contributed by atoms with Crippen molar-refractivity contribution in [3.8, 4) is 11.3 Å². The monoisotopic (exact) mass is 498 g/mol. The summed E-state index contributed by atoms with van der Waals surface area (Å²) in [5.41, 5.74) is 2.78. The van der Waals surface area contributed by atoms with E-state index < -0.39 is 0 Å². The number of H-pyrrole nitrogens is 1. The van der Waals surface area contributed by atoms with Gasteiger partial charge in [-0.1, -0.05) is 58.0 Å². The number of aromatic nitrogens is 2. The Morgan fingerprint density at radius 2 is 1.81 bits per heavy atom. The fourth-order valence-electron chi connectivity index (χ4n) is 3.53.